The molecule has 1 aliphatic heterocycles. The van der Waals surface area contributed by atoms with Crippen molar-refractivity contribution < 1.29 is 19.4 Å². The molecule has 0 radical (unpaired) electrons. The third-order valence-corrected chi connectivity index (χ3v) is 7.72. The first-order chi connectivity index (χ1) is 15.5. The number of amides is 2. The Balaban J connectivity index is 1.34. The average molecular weight is 472 g/mol. The minimum Gasteiger partial charge on any atom is -0.449 e. The first-order valence-electron chi connectivity index (χ1n) is 10.7. The van der Waals surface area contributed by atoms with Gasteiger partial charge in [-0.1, -0.05) is 0 Å². The standard InChI is InChI=1S/C23H25N3O4S2/c24-12-19-18-3-1-16(13-30-23(29)26-8-5-17(27)6-9-26)11-20(18)32-22(19)25-21(28)4-2-15-7-10-31-14-15/h2,4,7,10,14,16-17,27H,1,3,5-6,8-9,11,13H2,(H,25,28)/b4-2+. The average Bonchev–Trinajstić information content (AvgIpc) is 3.43. The maximum atomic E-state index is 12.3. The predicted molar refractivity (Wildman–Crippen MR) is 125 cm³/mol. The number of nitriles is 1. The molecular weight excluding hydrogens is 446 g/mol. The summed E-state index contributed by atoms with van der Waals surface area (Å²) in [6, 6.07) is 4.18. The van der Waals surface area contributed by atoms with Gasteiger partial charge in [-0.3, -0.25) is 4.79 Å². The molecule has 4 rings (SSSR count). The van der Waals surface area contributed by atoms with Crippen LogP contribution in [0.3, 0.4) is 0 Å². The Hall–Kier alpha value is -2.67. The van der Waals surface area contributed by atoms with Gasteiger partial charge in [0.1, 0.15) is 11.1 Å². The highest BCUT2D eigenvalue weighted by atomic mass is 32.1. The number of aliphatic hydroxyl groups excluding tert-OH is 1. The molecule has 2 aromatic heterocycles. The SMILES string of the molecule is N#Cc1c(NC(=O)/C=C/c2ccsc2)sc2c1CCC(COC(=O)N1CCC(O)CC1)C2. The lowest BCUT2D eigenvalue weighted by Gasteiger charge is -2.30. The molecule has 1 saturated heterocycles. The quantitative estimate of drug-likeness (QED) is 0.641. The largest absolute Gasteiger partial charge is 0.449 e. The Labute approximate surface area is 194 Å². The third-order valence-electron chi connectivity index (χ3n) is 5.85. The van der Waals surface area contributed by atoms with E-state index in [-0.39, 0.29) is 24.0 Å². The summed E-state index contributed by atoms with van der Waals surface area (Å²) in [4.78, 5) is 27.3. The molecule has 2 aliphatic rings. The van der Waals surface area contributed by atoms with E-state index in [1.807, 2.05) is 16.8 Å². The Morgan fingerprint density at radius 2 is 2.16 bits per heavy atom. The number of aliphatic hydroxyl groups is 1. The van der Waals surface area contributed by atoms with E-state index in [1.165, 1.54) is 17.4 Å². The summed E-state index contributed by atoms with van der Waals surface area (Å²) in [6.07, 6.45) is 6.03. The molecule has 0 bridgehead atoms. The van der Waals surface area contributed by atoms with Crippen LogP contribution in [0, 0.1) is 17.2 Å². The van der Waals surface area contributed by atoms with Crippen LogP contribution in [0.25, 0.3) is 6.08 Å². The Bertz CT molecular complexity index is 1030. The predicted octanol–water partition coefficient (Wildman–Crippen LogP) is 4.03. The van der Waals surface area contributed by atoms with Crippen molar-refractivity contribution in [3.63, 3.8) is 0 Å². The molecule has 2 amide bonds. The number of rotatable bonds is 5. The van der Waals surface area contributed by atoms with Crippen LogP contribution in [-0.4, -0.2) is 47.8 Å². The molecule has 0 spiro atoms. The Morgan fingerprint density at radius 3 is 2.88 bits per heavy atom. The van der Waals surface area contributed by atoms with Crippen molar-refractivity contribution in [3.05, 3.63) is 44.5 Å². The van der Waals surface area contributed by atoms with Gasteiger partial charge < -0.3 is 20.1 Å². The number of carbonyl (C=O) groups excluding carboxylic acids is 2. The highest BCUT2D eigenvalue weighted by Crippen LogP contribution is 2.39. The van der Waals surface area contributed by atoms with Crippen molar-refractivity contribution in [1.82, 2.24) is 4.90 Å². The van der Waals surface area contributed by atoms with Crippen LogP contribution in [0.5, 0.6) is 0 Å². The van der Waals surface area contributed by atoms with Crippen LogP contribution in [0.15, 0.2) is 22.9 Å². The second kappa shape index (κ2) is 10.3. The molecule has 7 nitrogen and oxygen atoms in total. The fourth-order valence-electron chi connectivity index (χ4n) is 4.03. The lowest BCUT2D eigenvalue weighted by Crippen LogP contribution is -2.41. The molecule has 2 aromatic rings. The van der Waals surface area contributed by atoms with Crippen molar-refractivity contribution >= 4 is 45.8 Å². The van der Waals surface area contributed by atoms with Crippen molar-refractivity contribution in [2.24, 2.45) is 5.92 Å². The van der Waals surface area contributed by atoms with E-state index in [9.17, 15) is 20.0 Å². The van der Waals surface area contributed by atoms with Gasteiger partial charge in [-0.05, 0) is 72.1 Å². The topological polar surface area (TPSA) is 103 Å². The monoisotopic (exact) mass is 471 g/mol. The van der Waals surface area contributed by atoms with Gasteiger partial charge in [0.15, 0.2) is 0 Å². The highest BCUT2D eigenvalue weighted by Gasteiger charge is 2.28. The summed E-state index contributed by atoms with van der Waals surface area (Å²) in [5.41, 5.74) is 2.51. The molecule has 1 aliphatic carbocycles. The van der Waals surface area contributed by atoms with Crippen LogP contribution in [-0.2, 0) is 22.4 Å². The first kappa shape index (κ1) is 22.5. The molecule has 1 unspecified atom stereocenters. The van der Waals surface area contributed by atoms with Gasteiger partial charge in [0.05, 0.1) is 18.3 Å². The molecular formula is C23H25N3O4S2. The number of piperidine rings is 1. The first-order valence-corrected chi connectivity index (χ1v) is 12.4. The molecule has 3 heterocycles. The number of fused-ring (bicyclic) bond motifs is 1. The van der Waals surface area contributed by atoms with E-state index < -0.39 is 0 Å². The number of nitrogens with zero attached hydrogens (tertiary/aromatic N) is 2. The number of thiophene rings is 2. The van der Waals surface area contributed by atoms with Gasteiger partial charge in [0.25, 0.3) is 0 Å². The van der Waals surface area contributed by atoms with E-state index in [1.54, 1.807) is 22.3 Å². The summed E-state index contributed by atoms with van der Waals surface area (Å²) < 4.78 is 5.53. The smallest absolute Gasteiger partial charge is 0.409 e. The van der Waals surface area contributed by atoms with Crippen LogP contribution in [0.4, 0.5) is 9.80 Å². The van der Waals surface area contributed by atoms with Gasteiger partial charge in [-0.2, -0.15) is 16.6 Å². The zero-order chi connectivity index (χ0) is 22.5. The van der Waals surface area contributed by atoms with Crippen molar-refractivity contribution in [2.45, 2.75) is 38.2 Å². The molecule has 1 atom stereocenters. The van der Waals surface area contributed by atoms with Crippen LogP contribution < -0.4 is 5.32 Å². The zero-order valence-electron chi connectivity index (χ0n) is 17.6. The number of likely N-dealkylation sites (tertiary alicyclic amines) is 1. The third kappa shape index (κ3) is 5.38. The number of carbonyl (C=O) groups is 2. The molecule has 32 heavy (non-hydrogen) atoms. The van der Waals surface area contributed by atoms with Gasteiger partial charge in [-0.15, -0.1) is 11.3 Å². The summed E-state index contributed by atoms with van der Waals surface area (Å²) in [5, 5.41) is 26.6. The van der Waals surface area contributed by atoms with E-state index in [2.05, 4.69) is 11.4 Å². The fraction of sp³-hybridized carbons (Fsp3) is 0.435. The minimum absolute atomic E-state index is 0.189. The number of hydrogen-bond acceptors (Lipinski definition) is 7. The summed E-state index contributed by atoms with van der Waals surface area (Å²) in [5.74, 6) is -0.0718. The van der Waals surface area contributed by atoms with Crippen LogP contribution in [0.1, 0.15) is 40.8 Å². The van der Waals surface area contributed by atoms with E-state index in [4.69, 9.17) is 4.74 Å². The van der Waals surface area contributed by atoms with Gasteiger partial charge in [-0.25, -0.2) is 4.79 Å². The van der Waals surface area contributed by atoms with Crippen molar-refractivity contribution in [3.8, 4) is 6.07 Å². The number of ether oxygens (including phenoxy) is 1. The second-order valence-electron chi connectivity index (χ2n) is 8.10. The number of nitrogens with one attached hydrogen (secondary N) is 1. The Morgan fingerprint density at radius 1 is 1.34 bits per heavy atom. The van der Waals surface area contributed by atoms with Gasteiger partial charge >= 0.3 is 6.09 Å². The lowest BCUT2D eigenvalue weighted by atomic mass is 9.88. The van der Waals surface area contributed by atoms with Gasteiger partial charge in [0, 0.05) is 24.0 Å². The number of anilines is 1. The minimum atomic E-state index is -0.329. The summed E-state index contributed by atoms with van der Waals surface area (Å²) in [7, 11) is 0. The number of hydrogen-bond donors (Lipinski definition) is 2. The second-order valence-corrected chi connectivity index (χ2v) is 9.99. The fourth-order valence-corrected chi connectivity index (χ4v) is 5.97. The van der Waals surface area contributed by atoms with E-state index in [0.29, 0.717) is 43.1 Å². The Kier molecular flexibility index (Phi) is 7.25. The zero-order valence-corrected chi connectivity index (χ0v) is 19.2. The summed E-state index contributed by atoms with van der Waals surface area (Å²) in [6.45, 7) is 1.38. The molecule has 9 heteroatoms. The summed E-state index contributed by atoms with van der Waals surface area (Å²) >= 11 is 3.00. The highest BCUT2D eigenvalue weighted by molar-refractivity contribution is 7.16. The van der Waals surface area contributed by atoms with Crippen LogP contribution in [0.2, 0.25) is 0 Å². The van der Waals surface area contributed by atoms with E-state index >= 15 is 0 Å². The molecule has 0 saturated carbocycles. The maximum absolute atomic E-state index is 12.3. The molecule has 1 fully saturated rings. The van der Waals surface area contributed by atoms with Crippen molar-refractivity contribution in [1.29, 1.82) is 5.26 Å². The molecule has 0 aromatic carbocycles. The lowest BCUT2D eigenvalue weighted by molar-refractivity contribution is -0.111. The maximum Gasteiger partial charge on any atom is 0.409 e. The van der Waals surface area contributed by atoms with E-state index in [0.717, 1.165) is 35.3 Å². The molecule has 2 N–H and O–H groups in total. The molecule has 168 valence electrons. The van der Waals surface area contributed by atoms with Crippen molar-refractivity contribution in [2.75, 3.05) is 25.0 Å². The normalized spacial score (nSPS) is 18.9. The van der Waals surface area contributed by atoms with Crippen LogP contribution >= 0.6 is 22.7 Å². The van der Waals surface area contributed by atoms with Gasteiger partial charge in [0.2, 0.25) is 5.91 Å².